The minimum absolute atomic E-state index is 0.808. The van der Waals surface area contributed by atoms with Gasteiger partial charge in [0.2, 0.25) is 0 Å². The van der Waals surface area contributed by atoms with E-state index in [9.17, 15) is 0 Å². The van der Waals surface area contributed by atoms with E-state index in [1.807, 2.05) is 0 Å². The van der Waals surface area contributed by atoms with Crippen LogP contribution in [-0.2, 0) is 0 Å². The molecular formula is C6H12Si2. The number of hydrogen-bond acceptors (Lipinski definition) is 0. The molecule has 0 spiro atoms. The van der Waals surface area contributed by atoms with Crippen LogP contribution in [0.5, 0.6) is 0 Å². The van der Waals surface area contributed by atoms with Crippen molar-refractivity contribution >= 4 is 16.6 Å². The normalized spacial score (nSPS) is 10.4. The second-order valence-electron chi connectivity index (χ2n) is 2.74. The Hall–Kier alpha value is -0.0462. The summed E-state index contributed by atoms with van der Waals surface area (Å²) in [5.41, 5.74) is 4.86. The molecule has 2 heteroatoms. The van der Waals surface area contributed by atoms with E-state index in [1.165, 1.54) is 0 Å². The van der Waals surface area contributed by atoms with Crippen LogP contribution in [0.15, 0.2) is 18.0 Å². The Bertz CT molecular complexity index is 104. The van der Waals surface area contributed by atoms with Crippen molar-refractivity contribution < 1.29 is 0 Å². The summed E-state index contributed by atoms with van der Waals surface area (Å²) in [5, 5.41) is 0. The van der Waals surface area contributed by atoms with Gasteiger partial charge in [0.1, 0.15) is 0 Å². The van der Waals surface area contributed by atoms with Crippen LogP contribution in [0.1, 0.15) is 0 Å². The molecule has 0 saturated carbocycles. The second-order valence-corrected chi connectivity index (χ2v) is 13.2. The Morgan fingerprint density at radius 1 is 1.50 bits per heavy atom. The third-order valence-corrected chi connectivity index (χ3v) is 4.85. The van der Waals surface area contributed by atoms with Crippen molar-refractivity contribution in [3.63, 3.8) is 0 Å². The lowest BCUT2D eigenvalue weighted by atomic mass is 11.0. The highest BCUT2D eigenvalue weighted by Gasteiger charge is 2.10. The predicted octanol–water partition coefficient (Wildman–Crippen LogP) is 1.82. The van der Waals surface area contributed by atoms with Crippen LogP contribution < -0.4 is 0 Å². The lowest BCUT2D eigenvalue weighted by Gasteiger charge is -2.08. The van der Waals surface area contributed by atoms with Crippen LogP contribution in [0.4, 0.5) is 0 Å². The maximum atomic E-state index is 3.51. The zero-order chi connectivity index (χ0) is 6.62. The van der Waals surface area contributed by atoms with Crippen molar-refractivity contribution in [2.45, 2.75) is 19.6 Å². The van der Waals surface area contributed by atoms with Gasteiger partial charge >= 0.3 is 0 Å². The van der Waals surface area contributed by atoms with Crippen LogP contribution in [0.3, 0.4) is 0 Å². The zero-order valence-electron chi connectivity index (χ0n) is 5.78. The summed E-state index contributed by atoms with van der Waals surface area (Å²) in [6, 6.07) is 0. The first-order chi connectivity index (χ1) is 3.56. The fourth-order valence-corrected chi connectivity index (χ4v) is 2.41. The fraction of sp³-hybridized carbons (Fsp3) is 0.500. The predicted molar refractivity (Wildman–Crippen MR) is 42.8 cm³/mol. The van der Waals surface area contributed by atoms with Gasteiger partial charge in [-0.25, -0.2) is 0 Å². The molecule has 0 heterocycles. The lowest BCUT2D eigenvalue weighted by molar-refractivity contribution is 1.86. The average molecular weight is 140 g/mol. The standard InChI is InChI=1S/C6H12Si2/c1-5-6-7-8(2,3)4/h6H,1H2,2-4H3. The first-order valence-electron chi connectivity index (χ1n) is 2.68. The van der Waals surface area contributed by atoms with Gasteiger partial charge in [-0.3, -0.25) is 0 Å². The maximum absolute atomic E-state index is 3.51. The van der Waals surface area contributed by atoms with E-state index in [2.05, 4.69) is 37.7 Å². The van der Waals surface area contributed by atoms with E-state index in [4.69, 9.17) is 0 Å². The van der Waals surface area contributed by atoms with Gasteiger partial charge in [0.15, 0.2) is 0 Å². The van der Waals surface area contributed by atoms with E-state index >= 15 is 0 Å². The Morgan fingerprint density at radius 3 is 2.12 bits per heavy atom. The second kappa shape index (κ2) is 3.07. The number of hydrogen-bond donors (Lipinski definition) is 0. The Kier molecular flexibility index (Phi) is 3.06. The maximum Gasteiger partial charge on any atom is 0.0711 e. The molecule has 44 valence electrons. The van der Waals surface area contributed by atoms with E-state index < -0.39 is 7.59 Å². The summed E-state index contributed by atoms with van der Waals surface area (Å²) in [6.45, 7) is 10.6. The van der Waals surface area contributed by atoms with Gasteiger partial charge in [-0.15, -0.1) is 5.73 Å². The van der Waals surface area contributed by atoms with Crippen LogP contribution in [0.2, 0.25) is 19.6 Å². The first kappa shape index (κ1) is 7.95. The Balaban J connectivity index is 3.55. The van der Waals surface area contributed by atoms with E-state index in [0.29, 0.717) is 0 Å². The number of rotatable bonds is 2. The zero-order valence-corrected chi connectivity index (χ0v) is 7.78. The van der Waals surface area contributed by atoms with Gasteiger partial charge in [0, 0.05) is 7.59 Å². The molecule has 0 saturated heterocycles. The molecule has 0 rings (SSSR count). The van der Waals surface area contributed by atoms with E-state index in [0.717, 1.165) is 9.04 Å². The van der Waals surface area contributed by atoms with Gasteiger partial charge in [-0.1, -0.05) is 31.9 Å². The molecule has 0 aromatic carbocycles. The summed E-state index contributed by atoms with van der Waals surface area (Å²) in [6.07, 6.45) is 0. The fourth-order valence-electron chi connectivity index (χ4n) is 0.268. The highest BCUT2D eigenvalue weighted by molar-refractivity contribution is 7.24. The molecule has 2 radical (unpaired) electrons. The van der Waals surface area contributed by atoms with Crippen molar-refractivity contribution in [1.82, 2.24) is 0 Å². The molecule has 0 aliphatic rings. The van der Waals surface area contributed by atoms with Crippen molar-refractivity contribution in [2.75, 3.05) is 0 Å². The molecule has 0 bridgehead atoms. The molecule has 0 aliphatic carbocycles. The first-order valence-corrected chi connectivity index (χ1v) is 8.26. The van der Waals surface area contributed by atoms with Crippen molar-refractivity contribution in [3.8, 4) is 0 Å². The summed E-state index contributed by atoms with van der Waals surface area (Å²) >= 11 is 0. The molecule has 0 unspecified atom stereocenters. The summed E-state index contributed by atoms with van der Waals surface area (Å²) in [7, 11) is 0.173. The Labute approximate surface area is 54.9 Å². The van der Waals surface area contributed by atoms with Crippen molar-refractivity contribution in [3.05, 3.63) is 18.0 Å². The average Bonchev–Trinajstić information content (AvgIpc) is 1.59. The van der Waals surface area contributed by atoms with Gasteiger partial charge < -0.3 is 0 Å². The topological polar surface area (TPSA) is 0 Å². The third-order valence-electron chi connectivity index (χ3n) is 0.607. The molecule has 0 amide bonds. The molecule has 0 aliphatic heterocycles. The minimum Gasteiger partial charge on any atom is -0.138 e. The molecule has 0 nitrogen and oxygen atoms in total. The van der Waals surface area contributed by atoms with Crippen LogP contribution in [-0.4, -0.2) is 16.6 Å². The van der Waals surface area contributed by atoms with Gasteiger partial charge in [0.25, 0.3) is 0 Å². The Morgan fingerprint density at radius 2 is 2.00 bits per heavy atom. The molecule has 0 atom stereocenters. The van der Waals surface area contributed by atoms with Crippen LogP contribution in [0.25, 0.3) is 0 Å². The largest absolute Gasteiger partial charge is 0.138 e. The quantitative estimate of drug-likeness (QED) is 0.405. The molecule has 0 N–H and O–H groups in total. The molecular weight excluding hydrogens is 128 g/mol. The smallest absolute Gasteiger partial charge is 0.0711 e. The molecule has 0 fully saturated rings. The third kappa shape index (κ3) is 5.95. The van der Waals surface area contributed by atoms with Crippen LogP contribution in [0, 0.1) is 0 Å². The molecule has 0 aromatic rings. The van der Waals surface area contributed by atoms with E-state index in [-0.39, 0.29) is 0 Å². The molecule has 8 heavy (non-hydrogen) atoms. The van der Waals surface area contributed by atoms with Gasteiger partial charge in [-0.2, -0.15) is 0 Å². The van der Waals surface area contributed by atoms with Crippen LogP contribution >= 0.6 is 0 Å². The summed E-state index contributed by atoms with van der Waals surface area (Å²) in [5.74, 6) is 0. The van der Waals surface area contributed by atoms with Crippen molar-refractivity contribution in [1.29, 1.82) is 0 Å². The highest BCUT2D eigenvalue weighted by Crippen LogP contribution is 1.96. The van der Waals surface area contributed by atoms with Gasteiger partial charge in [-0.05, 0) is 0 Å². The lowest BCUT2D eigenvalue weighted by Crippen LogP contribution is -2.28. The summed E-state index contributed by atoms with van der Waals surface area (Å²) in [4.78, 5) is 0. The van der Waals surface area contributed by atoms with Crippen molar-refractivity contribution in [2.24, 2.45) is 0 Å². The summed E-state index contributed by atoms with van der Waals surface area (Å²) < 4.78 is 0. The van der Waals surface area contributed by atoms with Gasteiger partial charge in [0.05, 0.1) is 9.04 Å². The minimum atomic E-state index is -0.808. The molecule has 0 aromatic heterocycles. The monoisotopic (exact) mass is 140 g/mol. The SMILES string of the molecule is C=C=C[Si][Si](C)(C)C. The highest BCUT2D eigenvalue weighted by atomic mass is 29.2. The van der Waals surface area contributed by atoms with E-state index in [1.54, 1.807) is 0 Å².